The molecule has 0 aliphatic heterocycles. The summed E-state index contributed by atoms with van der Waals surface area (Å²) >= 11 is 0. The first kappa shape index (κ1) is 13.2. The van der Waals surface area contributed by atoms with Crippen molar-refractivity contribution in [1.29, 1.82) is 0 Å². The number of nitrogen functional groups attached to an aromatic ring is 1. The fraction of sp³-hybridized carbons (Fsp3) is 0.538. The summed E-state index contributed by atoms with van der Waals surface area (Å²) in [6.07, 6.45) is 5.97. The van der Waals surface area contributed by atoms with Gasteiger partial charge in [-0.05, 0) is 18.6 Å². The van der Waals surface area contributed by atoms with Gasteiger partial charge in [-0.1, -0.05) is 44.7 Å². The first-order valence-corrected chi connectivity index (χ1v) is 7.30. The van der Waals surface area contributed by atoms with Gasteiger partial charge in [0.05, 0.1) is 15.7 Å². The molecular weight excluding hydrogens is 218 g/mol. The summed E-state index contributed by atoms with van der Waals surface area (Å²) in [6, 6.07) is 7.43. The molecule has 2 nitrogen and oxygen atoms in total. The minimum atomic E-state index is -0.925. The third kappa shape index (κ3) is 4.35. The van der Waals surface area contributed by atoms with E-state index in [1.165, 1.54) is 25.7 Å². The standard InChI is InChI=1S/C13H21NOS/c1-2-3-4-5-8-11-16(15)13-10-7-6-9-12(13)14/h6-7,9-10H,2-5,8,11,14H2,1H3. The van der Waals surface area contributed by atoms with Crippen LogP contribution >= 0.6 is 0 Å². The quantitative estimate of drug-likeness (QED) is 0.585. The second-order valence-corrected chi connectivity index (χ2v) is 5.54. The molecule has 0 saturated heterocycles. The largest absolute Gasteiger partial charge is 0.398 e. The molecule has 3 heteroatoms. The molecule has 16 heavy (non-hydrogen) atoms. The van der Waals surface area contributed by atoms with Crippen molar-refractivity contribution in [2.24, 2.45) is 0 Å². The van der Waals surface area contributed by atoms with E-state index in [1.807, 2.05) is 24.3 Å². The van der Waals surface area contributed by atoms with E-state index >= 15 is 0 Å². The van der Waals surface area contributed by atoms with Crippen LogP contribution in [0.15, 0.2) is 29.2 Å². The van der Waals surface area contributed by atoms with Crippen molar-refractivity contribution in [2.75, 3.05) is 11.5 Å². The molecule has 0 bridgehead atoms. The molecule has 0 saturated carbocycles. The first-order chi connectivity index (χ1) is 7.75. The molecule has 1 atom stereocenters. The minimum absolute atomic E-state index is 0.648. The molecule has 2 N–H and O–H groups in total. The van der Waals surface area contributed by atoms with Gasteiger partial charge in [0.1, 0.15) is 0 Å². The Hall–Kier alpha value is -0.830. The van der Waals surface area contributed by atoms with Crippen LogP contribution in [0.1, 0.15) is 39.0 Å². The maximum absolute atomic E-state index is 11.9. The van der Waals surface area contributed by atoms with Crippen LogP contribution in [0.5, 0.6) is 0 Å². The summed E-state index contributed by atoms with van der Waals surface area (Å²) in [5.74, 6) is 0.734. The Morgan fingerprint density at radius 3 is 2.50 bits per heavy atom. The SMILES string of the molecule is CCCCCCCS(=O)c1ccccc1N. The molecule has 1 aromatic rings. The Labute approximate surface area is 101 Å². The van der Waals surface area contributed by atoms with Gasteiger partial charge in [0, 0.05) is 11.4 Å². The highest BCUT2D eigenvalue weighted by Gasteiger charge is 2.06. The Morgan fingerprint density at radius 2 is 1.81 bits per heavy atom. The van der Waals surface area contributed by atoms with Crippen LogP contribution in [-0.4, -0.2) is 9.96 Å². The van der Waals surface area contributed by atoms with E-state index in [0.29, 0.717) is 5.69 Å². The molecule has 0 heterocycles. The number of nitrogens with two attached hydrogens (primary N) is 1. The van der Waals surface area contributed by atoms with Crippen LogP contribution in [0, 0.1) is 0 Å². The first-order valence-electron chi connectivity index (χ1n) is 5.98. The Kier molecular flexibility index (Phi) is 6.16. The third-order valence-electron chi connectivity index (χ3n) is 2.60. The van der Waals surface area contributed by atoms with E-state index < -0.39 is 10.8 Å². The van der Waals surface area contributed by atoms with E-state index in [0.717, 1.165) is 17.1 Å². The van der Waals surface area contributed by atoms with Crippen LogP contribution in [0.4, 0.5) is 5.69 Å². The summed E-state index contributed by atoms with van der Waals surface area (Å²) in [7, 11) is -0.925. The van der Waals surface area contributed by atoms with Gasteiger partial charge in [0.15, 0.2) is 0 Å². The molecule has 0 spiro atoms. The molecule has 0 aliphatic rings. The van der Waals surface area contributed by atoms with Gasteiger partial charge >= 0.3 is 0 Å². The highest BCUT2D eigenvalue weighted by molar-refractivity contribution is 7.85. The molecule has 1 aromatic carbocycles. The second kappa shape index (κ2) is 7.44. The smallest absolute Gasteiger partial charge is 0.0617 e. The lowest BCUT2D eigenvalue weighted by molar-refractivity contribution is 0.647. The molecule has 90 valence electrons. The predicted molar refractivity (Wildman–Crippen MR) is 70.9 cm³/mol. The van der Waals surface area contributed by atoms with Crippen LogP contribution in [0.3, 0.4) is 0 Å². The van der Waals surface area contributed by atoms with Gasteiger partial charge in [0.2, 0.25) is 0 Å². The Balaban J connectivity index is 2.33. The summed E-state index contributed by atoms with van der Waals surface area (Å²) in [6.45, 7) is 2.20. The summed E-state index contributed by atoms with van der Waals surface area (Å²) in [5.41, 5.74) is 6.43. The summed E-state index contributed by atoms with van der Waals surface area (Å²) in [5, 5.41) is 0. The Bertz CT molecular complexity index is 338. The molecule has 1 unspecified atom stereocenters. The van der Waals surface area contributed by atoms with Crippen molar-refractivity contribution in [3.05, 3.63) is 24.3 Å². The summed E-state index contributed by atoms with van der Waals surface area (Å²) in [4.78, 5) is 0.790. The molecule has 0 amide bonds. The van der Waals surface area contributed by atoms with Crippen LogP contribution in [0.25, 0.3) is 0 Å². The average Bonchev–Trinajstić information content (AvgIpc) is 2.29. The van der Waals surface area contributed by atoms with E-state index in [-0.39, 0.29) is 0 Å². The van der Waals surface area contributed by atoms with Gasteiger partial charge in [-0.3, -0.25) is 4.21 Å². The lowest BCUT2D eigenvalue weighted by atomic mass is 10.2. The van der Waals surface area contributed by atoms with E-state index in [1.54, 1.807) is 0 Å². The van der Waals surface area contributed by atoms with Crippen molar-refractivity contribution in [3.63, 3.8) is 0 Å². The predicted octanol–water partition coefficient (Wildman–Crippen LogP) is 3.35. The maximum atomic E-state index is 11.9. The molecule has 1 rings (SSSR count). The van der Waals surface area contributed by atoms with Crippen LogP contribution in [0.2, 0.25) is 0 Å². The third-order valence-corrected chi connectivity index (χ3v) is 4.12. The van der Waals surface area contributed by atoms with Crippen LogP contribution in [-0.2, 0) is 10.8 Å². The number of rotatable bonds is 7. The van der Waals surface area contributed by atoms with Gasteiger partial charge in [-0.2, -0.15) is 0 Å². The monoisotopic (exact) mass is 239 g/mol. The summed E-state index contributed by atoms with van der Waals surface area (Å²) < 4.78 is 11.9. The average molecular weight is 239 g/mol. The highest BCUT2D eigenvalue weighted by Crippen LogP contribution is 2.16. The van der Waals surface area contributed by atoms with Gasteiger partial charge in [-0.15, -0.1) is 0 Å². The minimum Gasteiger partial charge on any atom is -0.398 e. The number of para-hydroxylation sites is 1. The fourth-order valence-corrected chi connectivity index (χ4v) is 2.88. The molecule has 0 aliphatic carbocycles. The van der Waals surface area contributed by atoms with E-state index in [9.17, 15) is 4.21 Å². The Morgan fingerprint density at radius 1 is 1.12 bits per heavy atom. The zero-order valence-electron chi connectivity index (χ0n) is 9.95. The zero-order valence-corrected chi connectivity index (χ0v) is 10.8. The molecular formula is C13H21NOS. The second-order valence-electron chi connectivity index (χ2n) is 4.00. The van der Waals surface area contributed by atoms with Gasteiger partial charge < -0.3 is 5.73 Å². The molecule has 0 radical (unpaired) electrons. The van der Waals surface area contributed by atoms with Crippen molar-refractivity contribution < 1.29 is 4.21 Å². The maximum Gasteiger partial charge on any atom is 0.0617 e. The normalized spacial score (nSPS) is 12.6. The molecule has 0 aromatic heterocycles. The van der Waals surface area contributed by atoms with Crippen molar-refractivity contribution >= 4 is 16.5 Å². The van der Waals surface area contributed by atoms with Gasteiger partial charge in [-0.25, -0.2) is 0 Å². The van der Waals surface area contributed by atoms with E-state index in [2.05, 4.69) is 6.92 Å². The highest BCUT2D eigenvalue weighted by atomic mass is 32.2. The fourth-order valence-electron chi connectivity index (χ4n) is 1.63. The number of unbranched alkanes of at least 4 members (excludes halogenated alkanes) is 4. The molecule has 0 fully saturated rings. The topological polar surface area (TPSA) is 43.1 Å². The van der Waals surface area contributed by atoms with Gasteiger partial charge in [0.25, 0.3) is 0 Å². The zero-order chi connectivity index (χ0) is 11.8. The number of anilines is 1. The lowest BCUT2D eigenvalue weighted by Gasteiger charge is -2.05. The van der Waals surface area contributed by atoms with E-state index in [4.69, 9.17) is 5.73 Å². The lowest BCUT2D eigenvalue weighted by Crippen LogP contribution is -2.01. The van der Waals surface area contributed by atoms with Crippen molar-refractivity contribution in [1.82, 2.24) is 0 Å². The van der Waals surface area contributed by atoms with Crippen molar-refractivity contribution in [3.8, 4) is 0 Å². The van der Waals surface area contributed by atoms with Crippen molar-refractivity contribution in [2.45, 2.75) is 43.9 Å². The number of hydrogen-bond donors (Lipinski definition) is 1. The number of benzene rings is 1. The number of hydrogen-bond acceptors (Lipinski definition) is 2. The van der Waals surface area contributed by atoms with Crippen LogP contribution < -0.4 is 5.73 Å².